The molecule has 7 nitrogen and oxygen atoms in total. The molecule has 1 saturated heterocycles. The van der Waals surface area contributed by atoms with Crippen molar-refractivity contribution in [1.82, 2.24) is 4.98 Å². The largest absolute Gasteiger partial charge is 0.481 e. The van der Waals surface area contributed by atoms with Crippen molar-refractivity contribution in [2.45, 2.75) is 32.2 Å². The van der Waals surface area contributed by atoms with Gasteiger partial charge < -0.3 is 10.4 Å². The standard InChI is InChI=1S/C17H17N3O4S/c1-2-10-3-5-11(6-4-10)18-13-8-14(21)20(16(13)24)17-19-12(9-25-17)7-15(22)23/h3-6,9,13,18H,2,7-8H2,1H3,(H,22,23). The smallest absolute Gasteiger partial charge is 0.309 e. The van der Waals surface area contributed by atoms with Crippen LogP contribution < -0.4 is 10.2 Å². The zero-order valence-electron chi connectivity index (χ0n) is 13.6. The molecule has 1 aliphatic rings. The first-order chi connectivity index (χ1) is 12.0. The number of nitrogens with zero attached hydrogens (tertiary/aromatic N) is 2. The molecule has 2 amide bonds. The molecule has 0 radical (unpaired) electrons. The van der Waals surface area contributed by atoms with Gasteiger partial charge in [-0.25, -0.2) is 9.88 Å². The van der Waals surface area contributed by atoms with Gasteiger partial charge in [-0.2, -0.15) is 0 Å². The molecule has 25 heavy (non-hydrogen) atoms. The predicted octanol–water partition coefficient (Wildman–Crippen LogP) is 2.08. The van der Waals surface area contributed by atoms with Crippen LogP contribution in [0, 0.1) is 0 Å². The van der Waals surface area contributed by atoms with Crippen molar-refractivity contribution in [3.8, 4) is 0 Å². The van der Waals surface area contributed by atoms with E-state index in [1.54, 1.807) is 5.38 Å². The highest BCUT2D eigenvalue weighted by atomic mass is 32.1. The Morgan fingerprint density at radius 2 is 2.08 bits per heavy atom. The van der Waals surface area contributed by atoms with Crippen molar-refractivity contribution in [3.63, 3.8) is 0 Å². The zero-order chi connectivity index (χ0) is 18.0. The second-order valence-electron chi connectivity index (χ2n) is 5.71. The highest BCUT2D eigenvalue weighted by molar-refractivity contribution is 7.14. The monoisotopic (exact) mass is 359 g/mol. The zero-order valence-corrected chi connectivity index (χ0v) is 14.4. The minimum absolute atomic E-state index is 0.0439. The summed E-state index contributed by atoms with van der Waals surface area (Å²) in [4.78, 5) is 40.7. The predicted molar refractivity (Wildman–Crippen MR) is 93.8 cm³/mol. The molecule has 0 spiro atoms. The summed E-state index contributed by atoms with van der Waals surface area (Å²) in [5.41, 5.74) is 2.30. The molecule has 1 fully saturated rings. The topological polar surface area (TPSA) is 99.6 Å². The number of hydrogen-bond acceptors (Lipinski definition) is 6. The summed E-state index contributed by atoms with van der Waals surface area (Å²) in [5.74, 6) is -1.73. The van der Waals surface area contributed by atoms with Crippen LogP contribution in [0.25, 0.3) is 0 Å². The summed E-state index contributed by atoms with van der Waals surface area (Å²) in [7, 11) is 0. The molecule has 3 rings (SSSR count). The summed E-state index contributed by atoms with van der Waals surface area (Å²) in [5, 5.41) is 13.6. The van der Waals surface area contributed by atoms with E-state index in [1.165, 1.54) is 5.56 Å². The average molecular weight is 359 g/mol. The number of carbonyl (C=O) groups is 3. The van der Waals surface area contributed by atoms with E-state index in [2.05, 4.69) is 17.2 Å². The number of aryl methyl sites for hydroxylation is 1. The van der Waals surface area contributed by atoms with Crippen LogP contribution in [-0.2, 0) is 27.2 Å². The number of aromatic nitrogens is 1. The number of carboxylic acid groups (broad SMARTS) is 1. The molecule has 1 aromatic carbocycles. The molecule has 1 aliphatic heterocycles. The van der Waals surface area contributed by atoms with Crippen molar-refractivity contribution < 1.29 is 19.5 Å². The number of carbonyl (C=O) groups excluding carboxylic acids is 2. The lowest BCUT2D eigenvalue weighted by Gasteiger charge is -2.14. The fraction of sp³-hybridized carbons (Fsp3) is 0.294. The minimum atomic E-state index is -1.01. The molecule has 1 aromatic heterocycles. The Hall–Kier alpha value is -2.74. The van der Waals surface area contributed by atoms with Gasteiger partial charge in [0.2, 0.25) is 5.91 Å². The van der Waals surface area contributed by atoms with E-state index < -0.39 is 12.0 Å². The third-order valence-electron chi connectivity index (χ3n) is 3.91. The van der Waals surface area contributed by atoms with Crippen LogP contribution in [-0.4, -0.2) is 33.9 Å². The second kappa shape index (κ2) is 7.02. The Balaban J connectivity index is 1.73. The van der Waals surface area contributed by atoms with Gasteiger partial charge in [0.15, 0.2) is 5.13 Å². The summed E-state index contributed by atoms with van der Waals surface area (Å²) in [6.07, 6.45) is 0.734. The fourth-order valence-corrected chi connectivity index (χ4v) is 3.46. The molecule has 1 atom stereocenters. The SMILES string of the molecule is CCc1ccc(NC2CC(=O)N(c3nc(CC(=O)O)cs3)C2=O)cc1. The van der Waals surface area contributed by atoms with E-state index in [1.807, 2.05) is 24.3 Å². The fourth-order valence-electron chi connectivity index (χ4n) is 2.62. The van der Waals surface area contributed by atoms with Gasteiger partial charge in [0.25, 0.3) is 5.91 Å². The lowest BCUT2D eigenvalue weighted by atomic mass is 10.1. The molecule has 0 saturated carbocycles. The van der Waals surface area contributed by atoms with Gasteiger partial charge >= 0.3 is 5.97 Å². The van der Waals surface area contributed by atoms with Gasteiger partial charge in [-0.1, -0.05) is 19.1 Å². The van der Waals surface area contributed by atoms with Gasteiger partial charge in [0, 0.05) is 11.1 Å². The van der Waals surface area contributed by atoms with Gasteiger partial charge in [-0.15, -0.1) is 11.3 Å². The van der Waals surface area contributed by atoms with E-state index >= 15 is 0 Å². The van der Waals surface area contributed by atoms with E-state index in [4.69, 9.17) is 5.11 Å². The highest BCUT2D eigenvalue weighted by Gasteiger charge is 2.41. The van der Waals surface area contributed by atoms with Gasteiger partial charge in [0.05, 0.1) is 18.5 Å². The molecule has 0 bridgehead atoms. The Kier molecular flexibility index (Phi) is 4.80. The number of carboxylic acids is 1. The third-order valence-corrected chi connectivity index (χ3v) is 4.79. The minimum Gasteiger partial charge on any atom is -0.481 e. The van der Waals surface area contributed by atoms with Crippen LogP contribution in [0.1, 0.15) is 24.6 Å². The third kappa shape index (κ3) is 3.69. The van der Waals surface area contributed by atoms with Crippen LogP contribution in [0.15, 0.2) is 29.6 Å². The number of hydrogen-bond donors (Lipinski definition) is 2. The number of aliphatic carboxylic acids is 1. The Labute approximate surface area is 148 Å². The van der Waals surface area contributed by atoms with Crippen molar-refractivity contribution in [1.29, 1.82) is 0 Å². The number of nitrogens with one attached hydrogen (secondary N) is 1. The maximum atomic E-state index is 12.6. The lowest BCUT2D eigenvalue weighted by Crippen LogP contribution is -2.34. The van der Waals surface area contributed by atoms with E-state index in [0.717, 1.165) is 28.3 Å². The molecule has 0 aliphatic carbocycles. The van der Waals surface area contributed by atoms with Crippen LogP contribution >= 0.6 is 11.3 Å². The second-order valence-corrected chi connectivity index (χ2v) is 6.55. The maximum absolute atomic E-state index is 12.6. The summed E-state index contributed by atoms with van der Waals surface area (Å²) in [6.45, 7) is 2.06. The molecule has 2 N–H and O–H groups in total. The van der Waals surface area contributed by atoms with E-state index in [-0.39, 0.29) is 29.8 Å². The number of amides is 2. The normalized spacial score (nSPS) is 17.2. The lowest BCUT2D eigenvalue weighted by molar-refractivity contribution is -0.136. The summed E-state index contributed by atoms with van der Waals surface area (Å²) in [6, 6.07) is 7.06. The van der Waals surface area contributed by atoms with Crippen molar-refractivity contribution in [2.75, 3.05) is 10.2 Å². The van der Waals surface area contributed by atoms with E-state index in [9.17, 15) is 14.4 Å². The Morgan fingerprint density at radius 1 is 1.36 bits per heavy atom. The van der Waals surface area contributed by atoms with E-state index in [0.29, 0.717) is 5.69 Å². The summed E-state index contributed by atoms with van der Waals surface area (Å²) >= 11 is 1.09. The number of imide groups is 1. The molecular formula is C17H17N3O4S. The summed E-state index contributed by atoms with van der Waals surface area (Å²) < 4.78 is 0. The van der Waals surface area contributed by atoms with Crippen LogP contribution in [0.2, 0.25) is 0 Å². The number of rotatable bonds is 6. The van der Waals surface area contributed by atoms with Gasteiger partial charge in [-0.05, 0) is 24.1 Å². The number of anilines is 2. The van der Waals surface area contributed by atoms with Crippen molar-refractivity contribution >= 4 is 39.9 Å². The maximum Gasteiger partial charge on any atom is 0.309 e. The molecule has 1 unspecified atom stereocenters. The first kappa shape index (κ1) is 17.1. The molecular weight excluding hydrogens is 342 g/mol. The first-order valence-corrected chi connectivity index (χ1v) is 8.74. The molecule has 8 heteroatoms. The van der Waals surface area contributed by atoms with Crippen molar-refractivity contribution in [2.24, 2.45) is 0 Å². The van der Waals surface area contributed by atoms with Crippen LogP contribution in [0.5, 0.6) is 0 Å². The average Bonchev–Trinajstić information content (AvgIpc) is 3.12. The Morgan fingerprint density at radius 3 is 2.72 bits per heavy atom. The highest BCUT2D eigenvalue weighted by Crippen LogP contribution is 2.28. The molecule has 130 valence electrons. The van der Waals surface area contributed by atoms with Crippen molar-refractivity contribution in [3.05, 3.63) is 40.9 Å². The Bertz CT molecular complexity index is 816. The van der Waals surface area contributed by atoms with Gasteiger partial charge in [-0.3, -0.25) is 14.4 Å². The molecule has 2 heterocycles. The first-order valence-electron chi connectivity index (χ1n) is 7.86. The van der Waals surface area contributed by atoms with Crippen LogP contribution in [0.3, 0.4) is 0 Å². The van der Waals surface area contributed by atoms with Crippen LogP contribution in [0.4, 0.5) is 10.8 Å². The number of benzene rings is 1. The quantitative estimate of drug-likeness (QED) is 0.766. The van der Waals surface area contributed by atoms with Gasteiger partial charge in [0.1, 0.15) is 6.04 Å². The number of thiazole rings is 1. The molecule has 2 aromatic rings.